The Labute approximate surface area is 103 Å². The molecule has 0 unspecified atom stereocenters. The number of nitrogens with one attached hydrogen (secondary N) is 2. The van der Waals surface area contributed by atoms with Crippen LogP contribution in [-0.4, -0.2) is 23.8 Å². The van der Waals surface area contributed by atoms with E-state index in [1.54, 1.807) is 13.1 Å². The second-order valence-electron chi connectivity index (χ2n) is 4.21. The Balaban J connectivity index is 2.42. The first-order chi connectivity index (χ1) is 7.98. The topological polar surface area (TPSA) is 80.0 Å². The lowest BCUT2D eigenvalue weighted by molar-refractivity contribution is -0.129. The molecule has 1 aliphatic rings. The van der Waals surface area contributed by atoms with Gasteiger partial charge >= 0.3 is 0 Å². The minimum absolute atomic E-state index is 0.0704. The Morgan fingerprint density at radius 1 is 1.71 bits per heavy atom. The molecule has 1 fully saturated rings. The van der Waals surface area contributed by atoms with Gasteiger partial charge in [0, 0.05) is 11.9 Å². The summed E-state index contributed by atoms with van der Waals surface area (Å²) in [5.41, 5.74) is -0.0879. The molecule has 17 heavy (non-hydrogen) atoms. The van der Waals surface area contributed by atoms with Crippen molar-refractivity contribution in [2.75, 3.05) is 7.05 Å². The second-order valence-corrected chi connectivity index (χ2v) is 5.13. The number of hydrogen-bond acceptors (Lipinski definition) is 4. The summed E-state index contributed by atoms with van der Waals surface area (Å²) in [6.45, 7) is 1.85. The smallest absolute Gasteiger partial charge is 0.231 e. The van der Waals surface area contributed by atoms with E-state index in [9.17, 15) is 4.79 Å². The molecule has 0 aromatic carbocycles. The summed E-state index contributed by atoms with van der Waals surface area (Å²) in [5, 5.41) is 21.6. The van der Waals surface area contributed by atoms with Gasteiger partial charge in [0.15, 0.2) is 5.96 Å². The van der Waals surface area contributed by atoms with Crippen molar-refractivity contribution in [1.29, 1.82) is 10.7 Å². The number of amides is 1. The lowest BCUT2D eigenvalue weighted by Crippen LogP contribution is -2.58. The number of hydrogen-bond donors (Lipinski definition) is 2. The third-order valence-corrected chi connectivity index (χ3v) is 4.07. The van der Waals surface area contributed by atoms with Crippen LogP contribution < -0.4 is 5.32 Å². The second kappa shape index (κ2) is 3.86. The van der Waals surface area contributed by atoms with Crippen molar-refractivity contribution >= 4 is 23.2 Å². The molecule has 1 aromatic heterocycles. The summed E-state index contributed by atoms with van der Waals surface area (Å²) in [6, 6.07) is 3.85. The van der Waals surface area contributed by atoms with Crippen molar-refractivity contribution in [2.24, 2.45) is 0 Å². The van der Waals surface area contributed by atoms with Gasteiger partial charge in [0.25, 0.3) is 0 Å². The highest BCUT2D eigenvalue weighted by molar-refractivity contribution is 7.10. The van der Waals surface area contributed by atoms with Crippen LogP contribution in [0.1, 0.15) is 23.8 Å². The fourth-order valence-corrected chi connectivity index (χ4v) is 2.86. The van der Waals surface area contributed by atoms with Crippen LogP contribution in [0.5, 0.6) is 0 Å². The molecule has 1 atom stereocenters. The van der Waals surface area contributed by atoms with Gasteiger partial charge in [-0.3, -0.25) is 15.1 Å². The van der Waals surface area contributed by atoms with E-state index in [4.69, 9.17) is 10.7 Å². The first-order valence-electron chi connectivity index (χ1n) is 5.09. The maximum Gasteiger partial charge on any atom is 0.231 e. The Morgan fingerprint density at radius 3 is 3.00 bits per heavy atom. The third-order valence-electron chi connectivity index (χ3n) is 2.90. The lowest BCUT2D eigenvalue weighted by atomic mass is 9.91. The first kappa shape index (κ1) is 11.6. The maximum atomic E-state index is 11.8. The molecule has 1 amide bonds. The number of carbonyl (C=O) groups is 1. The summed E-state index contributed by atoms with van der Waals surface area (Å²) in [6.07, 6.45) is 0.251. The average Bonchev–Trinajstić information content (AvgIpc) is 2.74. The zero-order chi connectivity index (χ0) is 12.6. The first-order valence-corrected chi connectivity index (χ1v) is 5.97. The Bertz CT molecular complexity index is 510. The Hall–Kier alpha value is -1.87. The summed E-state index contributed by atoms with van der Waals surface area (Å²) in [7, 11) is 1.57. The predicted octanol–water partition coefficient (Wildman–Crippen LogP) is 1.22. The van der Waals surface area contributed by atoms with E-state index >= 15 is 0 Å². The number of rotatable bonds is 1. The number of nitrogens with zero attached hydrogens (tertiary/aromatic N) is 2. The van der Waals surface area contributed by atoms with Crippen LogP contribution in [0.3, 0.4) is 0 Å². The molecule has 0 radical (unpaired) electrons. The third kappa shape index (κ3) is 1.78. The molecule has 1 aliphatic heterocycles. The molecule has 2 rings (SSSR count). The van der Waals surface area contributed by atoms with Gasteiger partial charge < -0.3 is 5.32 Å². The molecule has 6 heteroatoms. The highest BCUT2D eigenvalue weighted by Crippen LogP contribution is 2.34. The molecule has 2 N–H and O–H groups in total. The molecule has 0 saturated carbocycles. The molecule has 5 nitrogen and oxygen atoms in total. The van der Waals surface area contributed by atoms with Gasteiger partial charge in [-0.15, -0.1) is 11.3 Å². The molecule has 2 heterocycles. The standard InChI is InChI=1S/C11H12N4OS/c1-11(9-7(6-12)3-4-17-9)5-8(16)15(2)10(13)14-11/h3-4H,5H2,1-2H3,(H2,13,14)/t11-/m0/s1. The van der Waals surface area contributed by atoms with Gasteiger partial charge in [-0.2, -0.15) is 5.26 Å². The van der Waals surface area contributed by atoms with E-state index in [0.717, 1.165) is 4.88 Å². The molecule has 0 aliphatic carbocycles. The van der Waals surface area contributed by atoms with E-state index in [0.29, 0.717) is 5.56 Å². The largest absolute Gasteiger partial charge is 0.345 e. The summed E-state index contributed by atoms with van der Waals surface area (Å²) in [4.78, 5) is 13.9. The highest BCUT2D eigenvalue weighted by Gasteiger charge is 2.40. The van der Waals surface area contributed by atoms with Gasteiger partial charge in [-0.1, -0.05) is 0 Å². The SMILES string of the molecule is CN1C(=N)N[C@](C)(c2sccc2C#N)CC1=O. The fourth-order valence-electron chi connectivity index (χ4n) is 1.90. The molecule has 88 valence electrons. The van der Waals surface area contributed by atoms with Gasteiger partial charge in [0.05, 0.1) is 17.5 Å². The summed E-state index contributed by atoms with van der Waals surface area (Å²) < 4.78 is 0. The average molecular weight is 248 g/mol. The highest BCUT2D eigenvalue weighted by atomic mass is 32.1. The zero-order valence-electron chi connectivity index (χ0n) is 9.57. The molecule has 1 aromatic rings. The maximum absolute atomic E-state index is 11.8. The minimum atomic E-state index is -0.653. The zero-order valence-corrected chi connectivity index (χ0v) is 10.4. The van der Waals surface area contributed by atoms with Crippen molar-refractivity contribution in [1.82, 2.24) is 10.2 Å². The van der Waals surface area contributed by atoms with Gasteiger partial charge in [0.1, 0.15) is 6.07 Å². The van der Waals surface area contributed by atoms with Gasteiger partial charge in [-0.25, -0.2) is 0 Å². The van der Waals surface area contributed by atoms with Crippen molar-refractivity contribution in [3.05, 3.63) is 21.9 Å². The molecule has 1 saturated heterocycles. The van der Waals surface area contributed by atoms with E-state index < -0.39 is 5.54 Å². The van der Waals surface area contributed by atoms with Crippen LogP contribution in [0, 0.1) is 16.7 Å². The van der Waals surface area contributed by atoms with Crippen LogP contribution >= 0.6 is 11.3 Å². The van der Waals surface area contributed by atoms with Crippen LogP contribution in [0.2, 0.25) is 0 Å². The van der Waals surface area contributed by atoms with E-state index in [1.165, 1.54) is 16.2 Å². The summed E-state index contributed by atoms with van der Waals surface area (Å²) in [5.74, 6) is -0.0467. The van der Waals surface area contributed by atoms with E-state index in [-0.39, 0.29) is 18.3 Å². The van der Waals surface area contributed by atoms with Gasteiger partial charge in [0.2, 0.25) is 5.91 Å². The minimum Gasteiger partial charge on any atom is -0.345 e. The van der Waals surface area contributed by atoms with E-state index in [1.807, 2.05) is 12.3 Å². The number of nitriles is 1. The normalized spacial score (nSPS) is 24.4. The molecular formula is C11H12N4OS. The van der Waals surface area contributed by atoms with E-state index in [2.05, 4.69) is 11.4 Å². The monoisotopic (exact) mass is 248 g/mol. The molecular weight excluding hydrogens is 236 g/mol. The van der Waals surface area contributed by atoms with Crippen molar-refractivity contribution in [3.8, 4) is 6.07 Å². The number of guanidine groups is 1. The predicted molar refractivity (Wildman–Crippen MR) is 64.6 cm³/mol. The van der Waals surface area contributed by atoms with Crippen LogP contribution in [0.15, 0.2) is 11.4 Å². The number of thiophene rings is 1. The Morgan fingerprint density at radius 2 is 2.41 bits per heavy atom. The summed E-state index contributed by atoms with van der Waals surface area (Å²) >= 11 is 1.43. The Kier molecular flexibility index (Phi) is 2.63. The van der Waals surface area contributed by atoms with Crippen molar-refractivity contribution < 1.29 is 4.79 Å². The van der Waals surface area contributed by atoms with Gasteiger partial charge in [-0.05, 0) is 18.4 Å². The van der Waals surface area contributed by atoms with Crippen LogP contribution in [0.4, 0.5) is 0 Å². The van der Waals surface area contributed by atoms with Crippen LogP contribution in [-0.2, 0) is 10.3 Å². The number of carbonyl (C=O) groups excluding carboxylic acids is 1. The molecule has 0 spiro atoms. The fraction of sp³-hybridized carbons (Fsp3) is 0.364. The lowest BCUT2D eigenvalue weighted by Gasteiger charge is -2.38. The quantitative estimate of drug-likeness (QED) is 0.784. The van der Waals surface area contributed by atoms with Crippen LogP contribution in [0.25, 0.3) is 0 Å². The molecule has 0 bridgehead atoms. The van der Waals surface area contributed by atoms with Crippen molar-refractivity contribution in [3.63, 3.8) is 0 Å². The van der Waals surface area contributed by atoms with Crippen molar-refractivity contribution in [2.45, 2.75) is 18.9 Å².